The zero-order valence-electron chi connectivity index (χ0n) is 11.8. The summed E-state index contributed by atoms with van der Waals surface area (Å²) in [6.07, 6.45) is 1.42. The van der Waals surface area contributed by atoms with Gasteiger partial charge in [0.1, 0.15) is 5.82 Å². The Labute approximate surface area is 124 Å². The van der Waals surface area contributed by atoms with Gasteiger partial charge in [-0.05, 0) is 31.3 Å². The van der Waals surface area contributed by atoms with E-state index in [9.17, 15) is 9.50 Å². The Bertz CT molecular complexity index is 407. The maximum atomic E-state index is 12.8. The van der Waals surface area contributed by atoms with Gasteiger partial charge in [-0.2, -0.15) is 0 Å². The molecule has 1 heterocycles. The lowest BCUT2D eigenvalue weighted by Gasteiger charge is -2.35. The van der Waals surface area contributed by atoms with Gasteiger partial charge in [-0.3, -0.25) is 0 Å². The van der Waals surface area contributed by atoms with E-state index in [4.69, 9.17) is 4.74 Å². The van der Waals surface area contributed by atoms with Crippen molar-refractivity contribution in [3.8, 4) is 0 Å². The topological polar surface area (TPSA) is 32.7 Å². The van der Waals surface area contributed by atoms with Crippen molar-refractivity contribution in [3.05, 3.63) is 30.1 Å². The molecule has 0 aromatic heterocycles. The van der Waals surface area contributed by atoms with Crippen LogP contribution in [-0.2, 0) is 4.74 Å². The average Bonchev–Trinajstić information content (AvgIpc) is 2.41. The summed E-state index contributed by atoms with van der Waals surface area (Å²) >= 11 is 1.70. The van der Waals surface area contributed by atoms with Crippen LogP contribution in [0.5, 0.6) is 0 Å². The molecule has 112 valence electrons. The molecular formula is C15H22FNO2S. The van der Waals surface area contributed by atoms with Crippen LogP contribution in [0.25, 0.3) is 0 Å². The predicted molar refractivity (Wildman–Crippen MR) is 79.6 cm³/mol. The van der Waals surface area contributed by atoms with E-state index in [0.29, 0.717) is 32.6 Å². The van der Waals surface area contributed by atoms with Crippen LogP contribution in [0.3, 0.4) is 0 Å². The molecule has 1 aromatic rings. The quantitative estimate of drug-likeness (QED) is 0.818. The van der Waals surface area contributed by atoms with Crippen molar-refractivity contribution < 1.29 is 14.2 Å². The van der Waals surface area contributed by atoms with Crippen molar-refractivity contribution >= 4 is 11.8 Å². The van der Waals surface area contributed by atoms with Gasteiger partial charge in [0.2, 0.25) is 0 Å². The third-order valence-electron chi connectivity index (χ3n) is 3.54. The fourth-order valence-electron chi connectivity index (χ4n) is 2.34. The molecule has 0 radical (unpaired) electrons. The van der Waals surface area contributed by atoms with Crippen molar-refractivity contribution in [3.63, 3.8) is 0 Å². The highest BCUT2D eigenvalue weighted by atomic mass is 32.2. The molecule has 0 spiro atoms. The van der Waals surface area contributed by atoms with Crippen LogP contribution in [0.1, 0.15) is 12.8 Å². The van der Waals surface area contributed by atoms with Crippen LogP contribution in [-0.4, -0.2) is 54.7 Å². The van der Waals surface area contributed by atoms with Crippen molar-refractivity contribution in [1.29, 1.82) is 0 Å². The van der Waals surface area contributed by atoms with E-state index < -0.39 is 5.60 Å². The number of hydrogen-bond acceptors (Lipinski definition) is 4. The maximum Gasteiger partial charge on any atom is 0.123 e. The zero-order valence-corrected chi connectivity index (χ0v) is 12.7. The molecule has 0 bridgehead atoms. The first kappa shape index (κ1) is 15.8. The largest absolute Gasteiger partial charge is 0.388 e. The number of halogens is 1. The Morgan fingerprint density at radius 3 is 2.60 bits per heavy atom. The first-order valence-electron chi connectivity index (χ1n) is 6.94. The normalized spacial score (nSPS) is 18.4. The summed E-state index contributed by atoms with van der Waals surface area (Å²) < 4.78 is 18.1. The summed E-state index contributed by atoms with van der Waals surface area (Å²) in [6.45, 7) is 2.87. The summed E-state index contributed by atoms with van der Waals surface area (Å²) in [5.74, 6) is 0.725. The number of aliphatic hydroxyl groups is 1. The molecule has 20 heavy (non-hydrogen) atoms. The van der Waals surface area contributed by atoms with Crippen LogP contribution in [0.15, 0.2) is 29.2 Å². The number of hydrogen-bond donors (Lipinski definition) is 1. The molecular weight excluding hydrogens is 277 g/mol. The van der Waals surface area contributed by atoms with Gasteiger partial charge in [0, 0.05) is 49.8 Å². The maximum absolute atomic E-state index is 12.8. The number of ether oxygens (including phenoxy) is 1. The highest BCUT2D eigenvalue weighted by molar-refractivity contribution is 7.99. The number of benzene rings is 1. The minimum absolute atomic E-state index is 0.201. The summed E-state index contributed by atoms with van der Waals surface area (Å²) in [5.41, 5.74) is -0.604. The molecule has 5 heteroatoms. The second kappa shape index (κ2) is 7.41. The second-order valence-corrected chi connectivity index (χ2v) is 6.55. The van der Waals surface area contributed by atoms with Crippen molar-refractivity contribution in [2.45, 2.75) is 23.3 Å². The van der Waals surface area contributed by atoms with Crippen molar-refractivity contribution in [2.24, 2.45) is 0 Å². The smallest absolute Gasteiger partial charge is 0.123 e. The van der Waals surface area contributed by atoms with E-state index in [2.05, 4.69) is 4.90 Å². The van der Waals surface area contributed by atoms with Crippen molar-refractivity contribution in [2.75, 3.05) is 39.1 Å². The van der Waals surface area contributed by atoms with Gasteiger partial charge in [0.05, 0.1) is 5.60 Å². The summed E-state index contributed by atoms with van der Waals surface area (Å²) in [5, 5.41) is 10.4. The molecule has 1 aliphatic heterocycles. The zero-order chi connectivity index (χ0) is 14.4. The third kappa shape index (κ3) is 5.05. The average molecular weight is 299 g/mol. The molecule has 0 amide bonds. The number of nitrogens with zero attached hydrogens (tertiary/aromatic N) is 1. The molecule has 1 fully saturated rings. The molecule has 0 atom stereocenters. The number of likely N-dealkylation sites (N-methyl/N-ethyl adjacent to an activating group) is 1. The van der Waals surface area contributed by atoms with E-state index in [1.165, 1.54) is 12.1 Å². The van der Waals surface area contributed by atoms with E-state index in [1.54, 1.807) is 23.9 Å². The Morgan fingerprint density at radius 1 is 1.30 bits per heavy atom. The Kier molecular flexibility index (Phi) is 5.84. The standard InChI is InChI=1S/C15H22FNO2S/c1-17(12-15(18)6-9-19-10-7-15)8-11-20-14-4-2-13(16)3-5-14/h2-5,18H,6-12H2,1H3. The van der Waals surface area contributed by atoms with Gasteiger partial charge in [-0.1, -0.05) is 0 Å². The molecule has 1 saturated heterocycles. The van der Waals surface area contributed by atoms with Gasteiger partial charge in [0.15, 0.2) is 0 Å². The first-order valence-corrected chi connectivity index (χ1v) is 7.93. The van der Waals surface area contributed by atoms with E-state index in [0.717, 1.165) is 17.2 Å². The minimum atomic E-state index is -0.604. The predicted octanol–water partition coefficient (Wildman–Crippen LogP) is 2.39. The molecule has 1 aromatic carbocycles. The number of rotatable bonds is 6. The SMILES string of the molecule is CN(CCSc1ccc(F)cc1)CC1(O)CCOCC1. The Balaban J connectivity index is 1.69. The highest BCUT2D eigenvalue weighted by Crippen LogP contribution is 2.22. The van der Waals surface area contributed by atoms with Gasteiger partial charge < -0.3 is 14.7 Å². The fraction of sp³-hybridized carbons (Fsp3) is 0.600. The second-order valence-electron chi connectivity index (χ2n) is 5.38. The highest BCUT2D eigenvalue weighted by Gasteiger charge is 2.30. The molecule has 1 aliphatic rings. The first-order chi connectivity index (χ1) is 9.57. The fourth-order valence-corrected chi connectivity index (χ4v) is 3.31. The molecule has 0 unspecified atom stereocenters. The van der Waals surface area contributed by atoms with E-state index in [-0.39, 0.29) is 5.82 Å². The number of thioether (sulfide) groups is 1. The minimum Gasteiger partial charge on any atom is -0.388 e. The summed E-state index contributed by atoms with van der Waals surface area (Å²) in [6, 6.07) is 6.56. The lowest BCUT2D eigenvalue weighted by Crippen LogP contribution is -2.46. The molecule has 3 nitrogen and oxygen atoms in total. The third-order valence-corrected chi connectivity index (χ3v) is 4.54. The molecule has 2 rings (SSSR count). The van der Waals surface area contributed by atoms with E-state index in [1.807, 2.05) is 7.05 Å². The van der Waals surface area contributed by atoms with E-state index >= 15 is 0 Å². The molecule has 0 aliphatic carbocycles. The monoisotopic (exact) mass is 299 g/mol. The molecule has 1 N–H and O–H groups in total. The molecule has 0 saturated carbocycles. The van der Waals surface area contributed by atoms with Gasteiger partial charge in [-0.15, -0.1) is 11.8 Å². The van der Waals surface area contributed by atoms with Gasteiger partial charge >= 0.3 is 0 Å². The van der Waals surface area contributed by atoms with Crippen LogP contribution < -0.4 is 0 Å². The van der Waals surface area contributed by atoms with Gasteiger partial charge in [0.25, 0.3) is 0 Å². The van der Waals surface area contributed by atoms with Crippen LogP contribution >= 0.6 is 11.8 Å². The van der Waals surface area contributed by atoms with Crippen LogP contribution in [0.4, 0.5) is 4.39 Å². The Morgan fingerprint density at radius 2 is 1.95 bits per heavy atom. The lowest BCUT2D eigenvalue weighted by molar-refractivity contribution is -0.0762. The Hall–Kier alpha value is -0.620. The van der Waals surface area contributed by atoms with Gasteiger partial charge in [-0.25, -0.2) is 4.39 Å². The summed E-state index contributed by atoms with van der Waals surface area (Å²) in [7, 11) is 2.03. The van der Waals surface area contributed by atoms with Crippen LogP contribution in [0.2, 0.25) is 0 Å². The lowest BCUT2D eigenvalue weighted by atomic mass is 9.94. The summed E-state index contributed by atoms with van der Waals surface area (Å²) in [4.78, 5) is 3.23. The van der Waals surface area contributed by atoms with Crippen LogP contribution in [0, 0.1) is 5.82 Å². The van der Waals surface area contributed by atoms with Crippen molar-refractivity contribution in [1.82, 2.24) is 4.90 Å².